The fourth-order valence-electron chi connectivity index (χ4n) is 2.69. The summed E-state index contributed by atoms with van der Waals surface area (Å²) in [5.41, 5.74) is 1.93. The highest BCUT2D eigenvalue weighted by Crippen LogP contribution is 2.32. The van der Waals surface area contributed by atoms with Gasteiger partial charge in [0.15, 0.2) is 0 Å². The highest BCUT2D eigenvalue weighted by atomic mass is 16.5. The Morgan fingerprint density at radius 2 is 1.62 bits per heavy atom. The van der Waals surface area contributed by atoms with Gasteiger partial charge in [0.2, 0.25) is 0 Å². The quantitative estimate of drug-likeness (QED) is 0.619. The van der Waals surface area contributed by atoms with Crippen molar-refractivity contribution in [3.63, 3.8) is 0 Å². The molecular weight excluding hydrogens is 260 g/mol. The smallest absolute Gasteiger partial charge is 0.338 e. The van der Waals surface area contributed by atoms with Crippen molar-refractivity contribution in [2.45, 2.75) is 12.3 Å². The molecule has 0 heterocycles. The minimum atomic E-state index is -0.243. The van der Waals surface area contributed by atoms with E-state index in [4.69, 9.17) is 4.74 Å². The summed E-state index contributed by atoms with van der Waals surface area (Å²) in [6.07, 6.45) is 5.39. The van der Waals surface area contributed by atoms with E-state index in [-0.39, 0.29) is 5.97 Å². The second kappa shape index (κ2) is 6.40. The number of ether oxygens (including phenoxy) is 1. The molecule has 2 atom stereocenters. The van der Waals surface area contributed by atoms with Gasteiger partial charge in [0, 0.05) is 11.8 Å². The number of benzene rings is 2. The number of hydrogen-bond acceptors (Lipinski definition) is 2. The summed E-state index contributed by atoms with van der Waals surface area (Å²) >= 11 is 0. The molecule has 2 nitrogen and oxygen atoms in total. The average molecular weight is 278 g/mol. The molecule has 21 heavy (non-hydrogen) atoms. The summed E-state index contributed by atoms with van der Waals surface area (Å²) in [6.45, 7) is 0.452. The van der Waals surface area contributed by atoms with Gasteiger partial charge < -0.3 is 4.74 Å². The standard InChI is InChI=1S/C19H18O2/c20-19(17-9-5-2-6-10-17)21-14-15-11-12-18(13-15)16-7-3-1-4-8-16/h1-12,15,18H,13-14H2/t15-,18+/m1/s1. The molecule has 0 N–H and O–H groups in total. The van der Waals surface area contributed by atoms with E-state index in [0.717, 1.165) is 6.42 Å². The van der Waals surface area contributed by atoms with Crippen LogP contribution >= 0.6 is 0 Å². The van der Waals surface area contributed by atoms with Gasteiger partial charge in [0.25, 0.3) is 0 Å². The molecule has 0 radical (unpaired) electrons. The first-order chi connectivity index (χ1) is 10.3. The van der Waals surface area contributed by atoms with E-state index < -0.39 is 0 Å². The van der Waals surface area contributed by atoms with Crippen LogP contribution in [0, 0.1) is 5.92 Å². The molecule has 0 bridgehead atoms. The molecule has 3 rings (SSSR count). The fraction of sp³-hybridized carbons (Fsp3) is 0.211. The maximum atomic E-state index is 11.9. The third-order valence-corrected chi connectivity index (χ3v) is 3.84. The summed E-state index contributed by atoms with van der Waals surface area (Å²) in [4.78, 5) is 11.9. The van der Waals surface area contributed by atoms with Gasteiger partial charge in [-0.25, -0.2) is 4.79 Å². The lowest BCUT2D eigenvalue weighted by Gasteiger charge is -2.13. The predicted octanol–water partition coefficient (Wildman–Crippen LogP) is 4.20. The van der Waals surface area contributed by atoms with Crippen molar-refractivity contribution in [1.82, 2.24) is 0 Å². The molecule has 1 aliphatic rings. The third kappa shape index (κ3) is 3.40. The lowest BCUT2D eigenvalue weighted by atomic mass is 9.96. The SMILES string of the molecule is O=C(OC[C@@H]1C=C[C@H](c2ccccc2)C1)c1ccccc1. The molecule has 1 aliphatic carbocycles. The van der Waals surface area contributed by atoms with E-state index in [0.29, 0.717) is 24.0 Å². The molecule has 0 spiro atoms. The zero-order valence-corrected chi connectivity index (χ0v) is 11.8. The maximum absolute atomic E-state index is 11.9. The molecule has 2 aromatic rings. The van der Waals surface area contributed by atoms with Crippen LogP contribution in [-0.2, 0) is 4.74 Å². The summed E-state index contributed by atoms with van der Waals surface area (Å²) in [7, 11) is 0. The van der Waals surface area contributed by atoms with Gasteiger partial charge in [-0.15, -0.1) is 0 Å². The van der Waals surface area contributed by atoms with E-state index in [1.54, 1.807) is 12.1 Å². The minimum Gasteiger partial charge on any atom is -0.461 e. The maximum Gasteiger partial charge on any atom is 0.338 e. The van der Waals surface area contributed by atoms with Crippen molar-refractivity contribution in [3.05, 3.63) is 83.9 Å². The topological polar surface area (TPSA) is 26.3 Å². The largest absolute Gasteiger partial charge is 0.461 e. The number of esters is 1. The number of rotatable bonds is 4. The Balaban J connectivity index is 1.52. The lowest BCUT2D eigenvalue weighted by molar-refractivity contribution is 0.0463. The monoisotopic (exact) mass is 278 g/mol. The van der Waals surface area contributed by atoms with Crippen LogP contribution < -0.4 is 0 Å². The molecule has 0 amide bonds. The van der Waals surface area contributed by atoms with Gasteiger partial charge in [-0.2, -0.15) is 0 Å². The van der Waals surface area contributed by atoms with Gasteiger partial charge in [-0.1, -0.05) is 60.7 Å². The Hall–Kier alpha value is -2.35. The van der Waals surface area contributed by atoms with Crippen molar-refractivity contribution in [3.8, 4) is 0 Å². The Bertz CT molecular complexity index is 617. The first-order valence-corrected chi connectivity index (χ1v) is 7.28. The molecule has 106 valence electrons. The molecule has 0 aliphatic heterocycles. The molecule has 0 saturated carbocycles. The number of hydrogen-bond donors (Lipinski definition) is 0. The van der Waals surface area contributed by atoms with Gasteiger partial charge in [-0.3, -0.25) is 0 Å². The van der Waals surface area contributed by atoms with E-state index in [1.165, 1.54) is 5.56 Å². The summed E-state index contributed by atoms with van der Waals surface area (Å²) in [5.74, 6) is 0.502. The van der Waals surface area contributed by atoms with Gasteiger partial charge in [-0.05, 0) is 24.1 Å². The van der Waals surface area contributed by atoms with Crippen molar-refractivity contribution in [2.24, 2.45) is 5.92 Å². The summed E-state index contributed by atoms with van der Waals surface area (Å²) < 4.78 is 5.41. The first kappa shape index (κ1) is 13.6. The summed E-state index contributed by atoms with van der Waals surface area (Å²) in [6, 6.07) is 19.6. The van der Waals surface area contributed by atoms with Gasteiger partial charge in [0.1, 0.15) is 0 Å². The second-order valence-electron chi connectivity index (χ2n) is 5.36. The Morgan fingerprint density at radius 1 is 0.952 bits per heavy atom. The van der Waals surface area contributed by atoms with Crippen molar-refractivity contribution < 1.29 is 9.53 Å². The molecular formula is C19H18O2. The van der Waals surface area contributed by atoms with Crippen LogP contribution in [-0.4, -0.2) is 12.6 Å². The minimum absolute atomic E-state index is 0.243. The van der Waals surface area contributed by atoms with Crippen molar-refractivity contribution in [2.75, 3.05) is 6.61 Å². The lowest BCUT2D eigenvalue weighted by Crippen LogP contribution is -2.12. The fourth-order valence-corrected chi connectivity index (χ4v) is 2.69. The second-order valence-corrected chi connectivity index (χ2v) is 5.36. The van der Waals surface area contributed by atoms with E-state index in [2.05, 4.69) is 36.4 Å². The molecule has 2 aromatic carbocycles. The molecule has 0 saturated heterocycles. The van der Waals surface area contributed by atoms with E-state index >= 15 is 0 Å². The van der Waals surface area contributed by atoms with Crippen LogP contribution in [0.25, 0.3) is 0 Å². The molecule has 0 aromatic heterocycles. The Labute approximate surface area is 125 Å². The van der Waals surface area contributed by atoms with Crippen LogP contribution in [0.1, 0.15) is 28.3 Å². The van der Waals surface area contributed by atoms with Crippen LogP contribution in [0.3, 0.4) is 0 Å². The highest BCUT2D eigenvalue weighted by Gasteiger charge is 2.21. The predicted molar refractivity (Wildman–Crippen MR) is 83.2 cm³/mol. The zero-order chi connectivity index (χ0) is 14.5. The van der Waals surface area contributed by atoms with Crippen LogP contribution in [0.15, 0.2) is 72.8 Å². The van der Waals surface area contributed by atoms with E-state index in [1.807, 2.05) is 24.3 Å². The van der Waals surface area contributed by atoms with Crippen molar-refractivity contribution in [1.29, 1.82) is 0 Å². The van der Waals surface area contributed by atoms with Crippen LogP contribution in [0.2, 0.25) is 0 Å². The molecule has 2 heteroatoms. The Kier molecular flexibility index (Phi) is 4.15. The molecule has 0 unspecified atom stereocenters. The normalized spacial score (nSPS) is 20.4. The van der Waals surface area contributed by atoms with Crippen LogP contribution in [0.5, 0.6) is 0 Å². The van der Waals surface area contributed by atoms with E-state index in [9.17, 15) is 4.79 Å². The zero-order valence-electron chi connectivity index (χ0n) is 11.8. The summed E-state index contributed by atoms with van der Waals surface area (Å²) in [5, 5.41) is 0. The highest BCUT2D eigenvalue weighted by molar-refractivity contribution is 5.89. The first-order valence-electron chi connectivity index (χ1n) is 7.28. The molecule has 0 fully saturated rings. The number of carbonyl (C=O) groups excluding carboxylic acids is 1. The average Bonchev–Trinajstić information content (AvgIpc) is 3.03. The number of carbonyl (C=O) groups is 1. The van der Waals surface area contributed by atoms with Crippen LogP contribution in [0.4, 0.5) is 0 Å². The van der Waals surface area contributed by atoms with Gasteiger partial charge >= 0.3 is 5.97 Å². The number of allylic oxidation sites excluding steroid dienone is 1. The third-order valence-electron chi connectivity index (χ3n) is 3.84. The van der Waals surface area contributed by atoms with Crippen molar-refractivity contribution >= 4 is 5.97 Å². The van der Waals surface area contributed by atoms with Gasteiger partial charge in [0.05, 0.1) is 12.2 Å². The Morgan fingerprint density at radius 3 is 2.33 bits per heavy atom.